The number of hydrogen-bond donors (Lipinski definition) is 2. The number of hydrogen-bond acceptors (Lipinski definition) is 4. The Labute approximate surface area is 117 Å². The molecule has 1 unspecified atom stereocenters. The van der Waals surface area contributed by atoms with Crippen LogP contribution in [0.5, 0.6) is 5.75 Å². The fourth-order valence-electron chi connectivity index (χ4n) is 2.03. The molecule has 1 heterocycles. The molecular weight excluding hydrogens is 259 g/mol. The summed E-state index contributed by atoms with van der Waals surface area (Å²) in [7, 11) is 3.96. The van der Waals surface area contributed by atoms with E-state index >= 15 is 0 Å². The molecule has 2 rings (SSSR count). The molecule has 0 saturated heterocycles. The molecule has 0 radical (unpaired) electrons. The SMILES string of the molecule is CN(C)C(CNCc1ccc(O)c(F)c1)c1ccco1. The molecule has 0 fully saturated rings. The van der Waals surface area contributed by atoms with Gasteiger partial charge in [0, 0.05) is 13.1 Å². The van der Waals surface area contributed by atoms with Crippen molar-refractivity contribution in [1.82, 2.24) is 10.2 Å². The lowest BCUT2D eigenvalue weighted by Gasteiger charge is -2.22. The van der Waals surface area contributed by atoms with Crippen molar-refractivity contribution in [3.8, 4) is 5.75 Å². The fourth-order valence-corrected chi connectivity index (χ4v) is 2.03. The van der Waals surface area contributed by atoms with Crippen molar-refractivity contribution < 1.29 is 13.9 Å². The molecule has 0 aliphatic carbocycles. The van der Waals surface area contributed by atoms with Crippen LogP contribution >= 0.6 is 0 Å². The van der Waals surface area contributed by atoms with Crippen molar-refractivity contribution in [3.63, 3.8) is 0 Å². The summed E-state index contributed by atoms with van der Waals surface area (Å²) in [5, 5.41) is 12.4. The van der Waals surface area contributed by atoms with Crippen molar-refractivity contribution in [2.24, 2.45) is 0 Å². The van der Waals surface area contributed by atoms with Gasteiger partial charge in [-0.1, -0.05) is 6.07 Å². The number of furan rings is 1. The van der Waals surface area contributed by atoms with Crippen LogP contribution in [0.4, 0.5) is 4.39 Å². The average molecular weight is 278 g/mol. The van der Waals surface area contributed by atoms with Crippen molar-refractivity contribution in [2.75, 3.05) is 20.6 Å². The van der Waals surface area contributed by atoms with E-state index in [1.54, 1.807) is 12.3 Å². The van der Waals surface area contributed by atoms with Gasteiger partial charge >= 0.3 is 0 Å². The second-order valence-electron chi connectivity index (χ2n) is 4.91. The summed E-state index contributed by atoms with van der Waals surface area (Å²) in [6.45, 7) is 1.21. The quantitative estimate of drug-likeness (QED) is 0.852. The zero-order valence-electron chi connectivity index (χ0n) is 11.6. The highest BCUT2D eigenvalue weighted by atomic mass is 19.1. The van der Waals surface area contributed by atoms with Gasteiger partial charge in [0.15, 0.2) is 11.6 Å². The normalized spacial score (nSPS) is 12.8. The topological polar surface area (TPSA) is 48.6 Å². The molecule has 108 valence electrons. The van der Waals surface area contributed by atoms with Crippen LogP contribution in [0.25, 0.3) is 0 Å². The fraction of sp³-hybridized carbons (Fsp3) is 0.333. The first-order chi connectivity index (χ1) is 9.58. The predicted molar refractivity (Wildman–Crippen MR) is 74.9 cm³/mol. The molecule has 2 aromatic rings. The lowest BCUT2D eigenvalue weighted by Crippen LogP contribution is -2.30. The van der Waals surface area contributed by atoms with Gasteiger partial charge in [0.2, 0.25) is 0 Å². The van der Waals surface area contributed by atoms with Crippen LogP contribution in [0.15, 0.2) is 41.0 Å². The summed E-state index contributed by atoms with van der Waals surface area (Å²) < 4.78 is 18.6. The summed E-state index contributed by atoms with van der Waals surface area (Å²) in [5.41, 5.74) is 0.789. The largest absolute Gasteiger partial charge is 0.505 e. The molecule has 1 aromatic carbocycles. The number of nitrogens with one attached hydrogen (secondary N) is 1. The summed E-state index contributed by atoms with van der Waals surface area (Å²) in [6, 6.07) is 8.31. The maximum Gasteiger partial charge on any atom is 0.165 e. The monoisotopic (exact) mass is 278 g/mol. The van der Waals surface area contributed by atoms with Gasteiger partial charge in [-0.15, -0.1) is 0 Å². The smallest absolute Gasteiger partial charge is 0.165 e. The van der Waals surface area contributed by atoms with Gasteiger partial charge in [0.25, 0.3) is 0 Å². The second-order valence-corrected chi connectivity index (χ2v) is 4.91. The highest BCUT2D eigenvalue weighted by Gasteiger charge is 2.16. The standard InChI is InChI=1S/C15H19FN2O2/c1-18(2)13(15-4-3-7-20-15)10-17-9-11-5-6-14(19)12(16)8-11/h3-8,13,17,19H,9-10H2,1-2H3. The highest BCUT2D eigenvalue weighted by Crippen LogP contribution is 2.19. The number of likely N-dealkylation sites (N-methyl/N-ethyl adjacent to an activating group) is 1. The van der Waals surface area contributed by atoms with Gasteiger partial charge in [0.1, 0.15) is 5.76 Å². The van der Waals surface area contributed by atoms with Gasteiger partial charge in [-0.2, -0.15) is 0 Å². The number of rotatable bonds is 6. The summed E-state index contributed by atoms with van der Waals surface area (Å²) in [6.07, 6.45) is 1.65. The molecule has 0 aliphatic heterocycles. The van der Waals surface area contributed by atoms with E-state index in [9.17, 15) is 4.39 Å². The minimum atomic E-state index is -0.598. The Morgan fingerprint density at radius 2 is 2.15 bits per heavy atom. The maximum atomic E-state index is 13.2. The molecule has 5 heteroatoms. The molecule has 20 heavy (non-hydrogen) atoms. The van der Waals surface area contributed by atoms with Crippen molar-refractivity contribution in [3.05, 3.63) is 53.7 Å². The molecule has 0 saturated carbocycles. The van der Waals surface area contributed by atoms with Crippen LogP contribution in [0, 0.1) is 5.82 Å². The van der Waals surface area contributed by atoms with Gasteiger partial charge in [-0.3, -0.25) is 4.90 Å². The molecule has 2 N–H and O–H groups in total. The molecule has 1 aromatic heterocycles. The van der Waals surface area contributed by atoms with Gasteiger partial charge < -0.3 is 14.8 Å². The first-order valence-electron chi connectivity index (χ1n) is 6.46. The third-order valence-electron chi connectivity index (χ3n) is 3.17. The van der Waals surface area contributed by atoms with Crippen molar-refractivity contribution in [2.45, 2.75) is 12.6 Å². The van der Waals surface area contributed by atoms with E-state index in [1.807, 2.05) is 26.2 Å². The number of phenolic OH excluding ortho intramolecular Hbond substituents is 1. The highest BCUT2D eigenvalue weighted by molar-refractivity contribution is 5.27. The zero-order valence-corrected chi connectivity index (χ0v) is 11.6. The van der Waals surface area contributed by atoms with E-state index in [1.165, 1.54) is 12.1 Å². The van der Waals surface area contributed by atoms with Crippen LogP contribution < -0.4 is 5.32 Å². The number of aromatic hydroxyl groups is 1. The van der Waals surface area contributed by atoms with E-state index in [2.05, 4.69) is 10.2 Å². The predicted octanol–water partition coefficient (Wildman–Crippen LogP) is 2.52. The van der Waals surface area contributed by atoms with Crippen molar-refractivity contribution >= 4 is 0 Å². The lowest BCUT2D eigenvalue weighted by molar-refractivity contribution is 0.250. The number of halogens is 1. The maximum absolute atomic E-state index is 13.2. The van der Waals surface area contributed by atoms with E-state index in [0.29, 0.717) is 13.1 Å². The summed E-state index contributed by atoms with van der Waals surface area (Å²) >= 11 is 0. The third-order valence-corrected chi connectivity index (χ3v) is 3.17. The Hall–Kier alpha value is -1.85. The Morgan fingerprint density at radius 3 is 2.75 bits per heavy atom. The second kappa shape index (κ2) is 6.54. The van der Waals surface area contributed by atoms with Crippen LogP contribution in [0.3, 0.4) is 0 Å². The van der Waals surface area contributed by atoms with E-state index in [0.717, 1.165) is 11.3 Å². The number of nitrogens with zero attached hydrogens (tertiary/aromatic N) is 1. The molecule has 0 bridgehead atoms. The molecule has 0 spiro atoms. The Kier molecular flexibility index (Phi) is 4.76. The van der Waals surface area contributed by atoms with Crippen LogP contribution in [-0.2, 0) is 6.54 Å². The van der Waals surface area contributed by atoms with Gasteiger partial charge in [0.05, 0.1) is 12.3 Å². The Morgan fingerprint density at radius 1 is 1.35 bits per heavy atom. The average Bonchev–Trinajstić information content (AvgIpc) is 2.92. The van der Waals surface area contributed by atoms with E-state index < -0.39 is 5.82 Å². The molecule has 4 nitrogen and oxygen atoms in total. The van der Waals surface area contributed by atoms with E-state index in [4.69, 9.17) is 9.52 Å². The van der Waals surface area contributed by atoms with Crippen molar-refractivity contribution in [1.29, 1.82) is 0 Å². The van der Waals surface area contributed by atoms with Crippen LogP contribution in [-0.4, -0.2) is 30.6 Å². The third kappa shape index (κ3) is 3.59. The lowest BCUT2D eigenvalue weighted by atomic mass is 10.2. The first kappa shape index (κ1) is 14.6. The van der Waals surface area contributed by atoms with Crippen LogP contribution in [0.2, 0.25) is 0 Å². The minimum Gasteiger partial charge on any atom is -0.505 e. The van der Waals surface area contributed by atoms with Gasteiger partial charge in [-0.05, 0) is 43.9 Å². The number of phenols is 1. The Balaban J connectivity index is 1.92. The minimum absolute atomic E-state index is 0.118. The van der Waals surface area contributed by atoms with Crippen LogP contribution in [0.1, 0.15) is 17.4 Å². The molecule has 0 aliphatic rings. The van der Waals surface area contributed by atoms with Gasteiger partial charge in [-0.25, -0.2) is 4.39 Å². The first-order valence-corrected chi connectivity index (χ1v) is 6.46. The molecular formula is C15H19FN2O2. The summed E-state index contributed by atoms with van der Waals surface area (Å²) in [5.74, 6) is -0.0330. The Bertz CT molecular complexity index is 541. The molecule has 0 amide bonds. The zero-order chi connectivity index (χ0) is 14.5. The molecule has 1 atom stereocenters. The summed E-state index contributed by atoms with van der Waals surface area (Å²) in [4.78, 5) is 2.06. The van der Waals surface area contributed by atoms with E-state index in [-0.39, 0.29) is 11.8 Å². The number of benzene rings is 1.